The molecule has 0 fully saturated rings. The highest BCUT2D eigenvalue weighted by Crippen LogP contribution is 2.38. The molecule has 0 saturated carbocycles. The van der Waals surface area contributed by atoms with Gasteiger partial charge >= 0.3 is 0 Å². The van der Waals surface area contributed by atoms with Crippen LogP contribution in [-0.4, -0.2) is 18.2 Å². The Balaban J connectivity index is 1.64. The van der Waals surface area contributed by atoms with E-state index < -0.39 is 0 Å². The number of hydrogen-bond donors (Lipinski definition) is 1. The monoisotopic (exact) mass is 352 g/mol. The molecule has 1 aliphatic rings. The summed E-state index contributed by atoms with van der Waals surface area (Å²) in [4.78, 5) is 4.35. The van der Waals surface area contributed by atoms with Gasteiger partial charge in [-0.25, -0.2) is 4.98 Å². The molecule has 1 aromatic heterocycles. The second-order valence-corrected chi connectivity index (χ2v) is 5.81. The molecule has 0 unspecified atom stereocenters. The first-order valence-corrected chi connectivity index (χ1v) is 7.64. The summed E-state index contributed by atoms with van der Waals surface area (Å²) in [6, 6.07) is 4.03. The first-order chi connectivity index (χ1) is 10.1. The molecule has 5 nitrogen and oxygen atoms in total. The lowest BCUT2D eigenvalue weighted by molar-refractivity contribution is 0.170. The maximum Gasteiger partial charge on any atom is 0.208 e. The van der Waals surface area contributed by atoms with Gasteiger partial charge in [0.1, 0.15) is 19.0 Å². The minimum absolute atomic E-state index is 0.588. The van der Waals surface area contributed by atoms with Crippen LogP contribution in [0, 0.1) is 13.8 Å². The molecule has 1 N–H and O–H groups in total. The number of ether oxygens (including phenoxy) is 2. The fourth-order valence-electron chi connectivity index (χ4n) is 2.19. The summed E-state index contributed by atoms with van der Waals surface area (Å²) < 4.78 is 17.7. The molecule has 6 heteroatoms. The lowest BCUT2D eigenvalue weighted by Gasteiger charge is -2.20. The second kappa shape index (κ2) is 6.07. The highest BCUT2D eigenvalue weighted by Gasteiger charge is 2.16. The van der Waals surface area contributed by atoms with Gasteiger partial charge in [0, 0.05) is 6.54 Å². The molecule has 1 aliphatic heterocycles. The average Bonchev–Trinajstić information content (AvgIpc) is 2.78. The molecular formula is C15H17BrN2O3. The second-order valence-electron chi connectivity index (χ2n) is 4.95. The van der Waals surface area contributed by atoms with Crippen molar-refractivity contribution in [1.29, 1.82) is 0 Å². The number of halogens is 1. The van der Waals surface area contributed by atoms with Crippen LogP contribution in [0.15, 0.2) is 21.0 Å². The van der Waals surface area contributed by atoms with E-state index in [4.69, 9.17) is 13.9 Å². The summed E-state index contributed by atoms with van der Waals surface area (Å²) in [5.74, 6) is 3.15. The normalized spacial score (nSPS) is 13.5. The molecule has 112 valence electrons. The lowest BCUT2D eigenvalue weighted by Crippen LogP contribution is -2.17. The molecule has 2 heterocycles. The van der Waals surface area contributed by atoms with E-state index in [2.05, 4.69) is 26.2 Å². The van der Waals surface area contributed by atoms with Crippen molar-refractivity contribution in [3.05, 3.63) is 39.5 Å². The number of nitrogens with zero attached hydrogens (tertiary/aromatic N) is 1. The summed E-state index contributed by atoms with van der Waals surface area (Å²) in [5.41, 5.74) is 2.06. The van der Waals surface area contributed by atoms with Crippen molar-refractivity contribution >= 4 is 15.9 Å². The van der Waals surface area contributed by atoms with Crippen LogP contribution in [0.4, 0.5) is 0 Å². The number of nitrogens with one attached hydrogen (secondary N) is 1. The van der Waals surface area contributed by atoms with Crippen LogP contribution >= 0.6 is 15.9 Å². The maximum atomic E-state index is 5.61. The molecule has 2 aromatic rings. The summed E-state index contributed by atoms with van der Waals surface area (Å²) in [6.07, 6.45) is 0. The minimum atomic E-state index is 0.588. The Kier molecular flexibility index (Phi) is 4.17. The molecule has 1 aromatic carbocycles. The van der Waals surface area contributed by atoms with Gasteiger partial charge in [0.2, 0.25) is 5.89 Å². The van der Waals surface area contributed by atoms with Gasteiger partial charge in [-0.2, -0.15) is 0 Å². The third kappa shape index (κ3) is 3.22. The number of aryl methyl sites for hydroxylation is 2. The van der Waals surface area contributed by atoms with E-state index in [0.717, 1.165) is 33.0 Å². The Morgan fingerprint density at radius 1 is 1.19 bits per heavy atom. The third-order valence-electron chi connectivity index (χ3n) is 3.33. The van der Waals surface area contributed by atoms with Gasteiger partial charge in [-0.05, 0) is 47.5 Å². The number of rotatable bonds is 4. The third-order valence-corrected chi connectivity index (χ3v) is 3.92. The van der Waals surface area contributed by atoms with Crippen molar-refractivity contribution in [3.8, 4) is 11.5 Å². The van der Waals surface area contributed by atoms with Crippen LogP contribution < -0.4 is 14.8 Å². The average molecular weight is 353 g/mol. The van der Waals surface area contributed by atoms with Gasteiger partial charge in [-0.3, -0.25) is 0 Å². The van der Waals surface area contributed by atoms with Crippen LogP contribution in [0.25, 0.3) is 0 Å². The molecule has 21 heavy (non-hydrogen) atoms. The van der Waals surface area contributed by atoms with Crippen molar-refractivity contribution < 1.29 is 13.9 Å². The van der Waals surface area contributed by atoms with Crippen molar-refractivity contribution in [2.24, 2.45) is 0 Å². The van der Waals surface area contributed by atoms with E-state index in [0.29, 0.717) is 32.2 Å². The molecule has 3 rings (SSSR count). The molecular weight excluding hydrogens is 336 g/mol. The van der Waals surface area contributed by atoms with Crippen molar-refractivity contribution in [1.82, 2.24) is 10.3 Å². The van der Waals surface area contributed by atoms with Gasteiger partial charge in [0.05, 0.1) is 16.7 Å². The number of hydrogen-bond acceptors (Lipinski definition) is 5. The molecule has 0 spiro atoms. The quantitative estimate of drug-likeness (QED) is 0.915. The summed E-state index contributed by atoms with van der Waals surface area (Å²) in [5, 5.41) is 3.32. The van der Waals surface area contributed by atoms with Gasteiger partial charge in [-0.1, -0.05) is 0 Å². The predicted octanol–water partition coefficient (Wildman–Crippen LogP) is 3.11. The first kappa shape index (κ1) is 14.4. The molecule has 0 radical (unpaired) electrons. The fraction of sp³-hybridized carbons (Fsp3) is 0.400. The maximum absolute atomic E-state index is 5.61. The molecule has 0 atom stereocenters. The summed E-state index contributed by atoms with van der Waals surface area (Å²) >= 11 is 3.52. The van der Waals surface area contributed by atoms with E-state index in [1.54, 1.807) is 0 Å². The summed E-state index contributed by atoms with van der Waals surface area (Å²) in [7, 11) is 0. The SMILES string of the molecule is Cc1nc(CNCc2cc(Br)c3c(c2)OCCO3)oc1C. The van der Waals surface area contributed by atoms with Crippen LogP contribution in [0.3, 0.4) is 0 Å². The highest BCUT2D eigenvalue weighted by atomic mass is 79.9. The number of fused-ring (bicyclic) bond motifs is 1. The molecule has 0 amide bonds. The van der Waals surface area contributed by atoms with Gasteiger partial charge in [0.15, 0.2) is 11.5 Å². The molecule has 0 saturated heterocycles. The zero-order chi connectivity index (χ0) is 14.8. The van der Waals surface area contributed by atoms with E-state index in [9.17, 15) is 0 Å². The Bertz CT molecular complexity index is 635. The zero-order valence-corrected chi connectivity index (χ0v) is 13.6. The first-order valence-electron chi connectivity index (χ1n) is 6.85. The Labute approximate surface area is 131 Å². The smallest absolute Gasteiger partial charge is 0.208 e. The number of benzene rings is 1. The van der Waals surface area contributed by atoms with Crippen molar-refractivity contribution in [2.75, 3.05) is 13.2 Å². The standard InChI is InChI=1S/C15H17BrN2O3/c1-9-10(2)21-14(18-9)8-17-7-11-5-12(16)15-13(6-11)19-3-4-20-15/h5-6,17H,3-4,7-8H2,1-2H3. The van der Waals surface area contributed by atoms with Gasteiger partial charge < -0.3 is 19.2 Å². The van der Waals surface area contributed by atoms with Crippen molar-refractivity contribution in [2.45, 2.75) is 26.9 Å². The van der Waals surface area contributed by atoms with E-state index >= 15 is 0 Å². The summed E-state index contributed by atoms with van der Waals surface area (Å²) in [6.45, 7) is 6.34. The van der Waals surface area contributed by atoms with Gasteiger partial charge in [0.25, 0.3) is 0 Å². The Morgan fingerprint density at radius 2 is 2.00 bits per heavy atom. The Morgan fingerprint density at radius 3 is 2.76 bits per heavy atom. The topological polar surface area (TPSA) is 56.5 Å². The van der Waals surface area contributed by atoms with Crippen molar-refractivity contribution in [3.63, 3.8) is 0 Å². The van der Waals surface area contributed by atoms with Crippen LogP contribution in [0.5, 0.6) is 11.5 Å². The lowest BCUT2D eigenvalue weighted by atomic mass is 10.2. The number of oxazole rings is 1. The fourth-order valence-corrected chi connectivity index (χ4v) is 2.80. The van der Waals surface area contributed by atoms with E-state index in [1.165, 1.54) is 0 Å². The predicted molar refractivity (Wildman–Crippen MR) is 81.7 cm³/mol. The highest BCUT2D eigenvalue weighted by molar-refractivity contribution is 9.10. The molecule has 0 aliphatic carbocycles. The van der Waals surface area contributed by atoms with Crippen LogP contribution in [0.2, 0.25) is 0 Å². The number of aromatic nitrogens is 1. The van der Waals surface area contributed by atoms with E-state index in [-0.39, 0.29) is 0 Å². The van der Waals surface area contributed by atoms with Crippen LogP contribution in [0.1, 0.15) is 22.9 Å². The largest absolute Gasteiger partial charge is 0.486 e. The Hall–Kier alpha value is -1.53. The van der Waals surface area contributed by atoms with Gasteiger partial charge in [-0.15, -0.1) is 0 Å². The van der Waals surface area contributed by atoms with Crippen LogP contribution in [-0.2, 0) is 13.1 Å². The zero-order valence-electron chi connectivity index (χ0n) is 12.0. The molecule has 0 bridgehead atoms. The van der Waals surface area contributed by atoms with E-state index in [1.807, 2.05) is 26.0 Å². The minimum Gasteiger partial charge on any atom is -0.486 e.